The van der Waals surface area contributed by atoms with Crippen LogP contribution < -0.4 is 10.6 Å². The van der Waals surface area contributed by atoms with Crippen molar-refractivity contribution in [3.8, 4) is 0 Å². The predicted octanol–water partition coefficient (Wildman–Crippen LogP) is 4.18. The zero-order valence-electron chi connectivity index (χ0n) is 16.7. The molecule has 1 atom stereocenters. The fourth-order valence-electron chi connectivity index (χ4n) is 2.99. The maximum Gasteiger partial charge on any atom is 0.238 e. The number of carbonyl (C=O) groups is 2. The molecule has 28 heavy (non-hydrogen) atoms. The van der Waals surface area contributed by atoms with Crippen molar-refractivity contribution in [3.63, 3.8) is 0 Å². The average molecular weight is 402 g/mol. The van der Waals surface area contributed by atoms with Gasteiger partial charge < -0.3 is 10.6 Å². The van der Waals surface area contributed by atoms with E-state index in [4.69, 9.17) is 11.6 Å². The number of hydrogen-bond donors (Lipinski definition) is 2. The molecule has 0 radical (unpaired) electrons. The molecule has 0 aliphatic carbocycles. The molecule has 6 heteroatoms. The van der Waals surface area contributed by atoms with Crippen molar-refractivity contribution in [2.45, 2.75) is 33.2 Å². The number of hydrogen-bond acceptors (Lipinski definition) is 3. The van der Waals surface area contributed by atoms with Crippen molar-refractivity contribution < 1.29 is 9.59 Å². The molecule has 2 aromatic carbocycles. The number of carbonyl (C=O) groups excluding carboxylic acids is 2. The minimum atomic E-state index is -0.157. The molecule has 0 spiro atoms. The highest BCUT2D eigenvalue weighted by atomic mass is 35.5. The van der Waals surface area contributed by atoms with Gasteiger partial charge in [0, 0.05) is 10.7 Å². The van der Waals surface area contributed by atoms with Gasteiger partial charge in [-0.15, -0.1) is 0 Å². The molecule has 2 aromatic rings. The van der Waals surface area contributed by atoms with Crippen molar-refractivity contribution in [3.05, 3.63) is 64.7 Å². The summed E-state index contributed by atoms with van der Waals surface area (Å²) in [6, 6.07) is 14.9. The normalized spacial score (nSPS) is 11.9. The van der Waals surface area contributed by atoms with Crippen molar-refractivity contribution in [1.29, 1.82) is 0 Å². The van der Waals surface area contributed by atoms with Crippen LogP contribution >= 0.6 is 11.6 Å². The molecule has 0 heterocycles. The van der Waals surface area contributed by atoms with Crippen molar-refractivity contribution in [2.24, 2.45) is 0 Å². The van der Waals surface area contributed by atoms with E-state index in [1.807, 2.05) is 68.1 Å². The van der Waals surface area contributed by atoms with Crippen LogP contribution in [-0.2, 0) is 9.59 Å². The Bertz CT molecular complexity index is 810. The number of nitrogens with one attached hydrogen (secondary N) is 2. The molecule has 0 aromatic heterocycles. The number of nitrogens with zero attached hydrogens (tertiary/aromatic N) is 1. The van der Waals surface area contributed by atoms with Gasteiger partial charge in [0.1, 0.15) is 0 Å². The second-order valence-corrected chi connectivity index (χ2v) is 7.35. The van der Waals surface area contributed by atoms with Crippen molar-refractivity contribution in [2.75, 3.05) is 25.0 Å². The first-order chi connectivity index (χ1) is 13.4. The summed E-state index contributed by atoms with van der Waals surface area (Å²) in [4.78, 5) is 26.7. The molecule has 0 bridgehead atoms. The second-order valence-electron chi connectivity index (χ2n) is 6.92. The van der Waals surface area contributed by atoms with Gasteiger partial charge >= 0.3 is 0 Å². The summed E-state index contributed by atoms with van der Waals surface area (Å²) in [7, 11) is 0. The van der Waals surface area contributed by atoms with Gasteiger partial charge in [-0.3, -0.25) is 14.5 Å². The van der Waals surface area contributed by atoms with Crippen LogP contribution in [0.3, 0.4) is 0 Å². The lowest BCUT2D eigenvalue weighted by molar-refractivity contribution is -0.124. The molecule has 0 saturated heterocycles. The summed E-state index contributed by atoms with van der Waals surface area (Å²) in [6.07, 6.45) is 0.856. The van der Waals surface area contributed by atoms with Gasteiger partial charge in [-0.1, -0.05) is 48.9 Å². The van der Waals surface area contributed by atoms with Gasteiger partial charge in [-0.05, 0) is 56.1 Å². The van der Waals surface area contributed by atoms with E-state index in [1.54, 1.807) is 6.07 Å². The third kappa shape index (κ3) is 6.98. The Balaban J connectivity index is 1.91. The first kappa shape index (κ1) is 21.9. The summed E-state index contributed by atoms with van der Waals surface area (Å²) < 4.78 is 0. The van der Waals surface area contributed by atoms with E-state index >= 15 is 0 Å². The lowest BCUT2D eigenvalue weighted by Gasteiger charge is -2.22. The molecule has 0 aliphatic rings. The Labute approximate surface area is 172 Å². The first-order valence-electron chi connectivity index (χ1n) is 9.51. The quantitative estimate of drug-likeness (QED) is 0.662. The van der Waals surface area contributed by atoms with Crippen molar-refractivity contribution >= 4 is 29.1 Å². The molecule has 0 aliphatic heterocycles. The van der Waals surface area contributed by atoms with Crippen LogP contribution in [-0.4, -0.2) is 36.3 Å². The summed E-state index contributed by atoms with van der Waals surface area (Å²) in [5.74, 6) is -0.247. The maximum atomic E-state index is 12.5. The molecule has 2 N–H and O–H groups in total. The third-order valence-electron chi connectivity index (χ3n) is 4.42. The fraction of sp³-hybridized carbons (Fsp3) is 0.364. The molecule has 5 nitrogen and oxygen atoms in total. The van der Waals surface area contributed by atoms with Gasteiger partial charge in [0.2, 0.25) is 11.8 Å². The monoisotopic (exact) mass is 401 g/mol. The lowest BCUT2D eigenvalue weighted by atomic mass is 10.1. The van der Waals surface area contributed by atoms with Gasteiger partial charge in [0.15, 0.2) is 0 Å². The van der Waals surface area contributed by atoms with E-state index in [2.05, 4.69) is 10.6 Å². The third-order valence-corrected chi connectivity index (χ3v) is 4.65. The minimum absolute atomic E-state index is 0.121. The second kappa shape index (κ2) is 10.8. The van der Waals surface area contributed by atoms with Crippen LogP contribution in [0, 0.1) is 6.92 Å². The first-order valence-corrected chi connectivity index (χ1v) is 9.89. The molecular formula is C22H28ClN3O2. The topological polar surface area (TPSA) is 61.4 Å². The largest absolute Gasteiger partial charge is 0.348 e. The highest BCUT2D eigenvalue weighted by Gasteiger charge is 2.16. The van der Waals surface area contributed by atoms with Crippen LogP contribution in [0.25, 0.3) is 0 Å². The molecular weight excluding hydrogens is 374 g/mol. The highest BCUT2D eigenvalue weighted by Crippen LogP contribution is 2.17. The maximum absolute atomic E-state index is 12.5. The number of halogens is 1. The molecule has 150 valence electrons. The standard InChI is InChI=1S/C22H28ClN3O2/c1-4-12-26(15-22(28)25-20-11-6-5-8-16(20)2)14-21(27)24-17(3)18-9-7-10-19(23)13-18/h5-11,13,17H,4,12,14-15H2,1-3H3,(H,24,27)(H,25,28)/t17-/m0/s1. The summed E-state index contributed by atoms with van der Waals surface area (Å²) >= 11 is 6.02. The van der Waals surface area contributed by atoms with Crippen LogP contribution in [0.1, 0.15) is 37.4 Å². The van der Waals surface area contributed by atoms with Crippen LogP contribution in [0.15, 0.2) is 48.5 Å². The van der Waals surface area contributed by atoms with Gasteiger partial charge in [-0.2, -0.15) is 0 Å². The van der Waals surface area contributed by atoms with E-state index < -0.39 is 0 Å². The van der Waals surface area contributed by atoms with Gasteiger partial charge in [0.25, 0.3) is 0 Å². The predicted molar refractivity (Wildman–Crippen MR) is 115 cm³/mol. The smallest absolute Gasteiger partial charge is 0.238 e. The minimum Gasteiger partial charge on any atom is -0.348 e. The molecule has 0 unspecified atom stereocenters. The Morgan fingerprint density at radius 3 is 2.46 bits per heavy atom. The SMILES string of the molecule is CCCN(CC(=O)Nc1ccccc1C)CC(=O)N[C@@H](C)c1cccc(Cl)c1. The zero-order chi connectivity index (χ0) is 20.5. The fourth-order valence-corrected chi connectivity index (χ4v) is 3.18. The number of anilines is 1. The highest BCUT2D eigenvalue weighted by molar-refractivity contribution is 6.30. The molecule has 2 amide bonds. The lowest BCUT2D eigenvalue weighted by Crippen LogP contribution is -2.42. The van der Waals surface area contributed by atoms with Crippen molar-refractivity contribution in [1.82, 2.24) is 10.2 Å². The molecule has 2 rings (SSSR count). The van der Waals surface area contributed by atoms with Crippen LogP contribution in [0.2, 0.25) is 5.02 Å². The van der Waals surface area contributed by atoms with Crippen LogP contribution in [0.4, 0.5) is 5.69 Å². The van der Waals surface area contributed by atoms with Gasteiger partial charge in [0.05, 0.1) is 19.1 Å². The van der Waals surface area contributed by atoms with E-state index in [0.29, 0.717) is 11.6 Å². The van der Waals surface area contributed by atoms with E-state index in [0.717, 1.165) is 23.2 Å². The Kier molecular flexibility index (Phi) is 8.48. The van der Waals surface area contributed by atoms with E-state index in [1.165, 1.54) is 0 Å². The Hall–Kier alpha value is -2.37. The number of amides is 2. The molecule has 0 saturated carbocycles. The Morgan fingerprint density at radius 2 is 1.79 bits per heavy atom. The summed E-state index contributed by atoms with van der Waals surface area (Å²) in [6.45, 7) is 6.89. The molecule has 0 fully saturated rings. The number of rotatable bonds is 9. The van der Waals surface area contributed by atoms with E-state index in [-0.39, 0.29) is 30.9 Å². The zero-order valence-corrected chi connectivity index (χ0v) is 17.4. The van der Waals surface area contributed by atoms with Gasteiger partial charge in [-0.25, -0.2) is 0 Å². The van der Waals surface area contributed by atoms with Crippen LogP contribution in [0.5, 0.6) is 0 Å². The number of benzene rings is 2. The van der Waals surface area contributed by atoms with E-state index in [9.17, 15) is 9.59 Å². The number of aryl methyl sites for hydroxylation is 1. The number of para-hydroxylation sites is 1. The summed E-state index contributed by atoms with van der Waals surface area (Å²) in [5, 5.41) is 6.53. The Morgan fingerprint density at radius 1 is 1.07 bits per heavy atom. The average Bonchev–Trinajstić information content (AvgIpc) is 2.63. The summed E-state index contributed by atoms with van der Waals surface area (Å²) in [5.41, 5.74) is 2.74.